The predicted molar refractivity (Wildman–Crippen MR) is 52.9 cm³/mol. The zero-order valence-corrected chi connectivity index (χ0v) is 8.88. The van der Waals surface area contributed by atoms with Crippen LogP contribution < -0.4 is 17.2 Å². The minimum absolute atomic E-state index is 0.475. The fourth-order valence-electron chi connectivity index (χ4n) is 0.703. The SMILES string of the molecule is NCC(=O)OC(=O)CC(N)C(=O)OC(=O)CN. The van der Waals surface area contributed by atoms with Crippen LogP contribution in [0, 0.1) is 0 Å². The van der Waals surface area contributed by atoms with Crippen LogP contribution in [0.5, 0.6) is 0 Å². The second-order valence-corrected chi connectivity index (χ2v) is 2.86. The molecule has 0 saturated carbocycles. The highest BCUT2D eigenvalue weighted by atomic mass is 16.6. The van der Waals surface area contributed by atoms with E-state index >= 15 is 0 Å². The first kappa shape index (κ1) is 15.2. The van der Waals surface area contributed by atoms with Crippen molar-refractivity contribution in [1.29, 1.82) is 0 Å². The molecule has 0 aliphatic rings. The van der Waals surface area contributed by atoms with Gasteiger partial charge in [0.1, 0.15) is 6.04 Å². The van der Waals surface area contributed by atoms with E-state index in [1.807, 2.05) is 0 Å². The first-order valence-electron chi connectivity index (χ1n) is 4.54. The van der Waals surface area contributed by atoms with Gasteiger partial charge in [-0.15, -0.1) is 0 Å². The molecule has 0 fully saturated rings. The number of carbonyl (C=O) groups excluding carboxylic acids is 4. The molecular weight excluding hydrogens is 234 g/mol. The number of carbonyl (C=O) groups is 4. The van der Waals surface area contributed by atoms with Crippen LogP contribution in [0.15, 0.2) is 0 Å². The van der Waals surface area contributed by atoms with Crippen molar-refractivity contribution in [2.24, 2.45) is 17.2 Å². The van der Waals surface area contributed by atoms with E-state index in [-0.39, 0.29) is 0 Å². The van der Waals surface area contributed by atoms with Crippen molar-refractivity contribution in [2.45, 2.75) is 12.5 Å². The van der Waals surface area contributed by atoms with Crippen molar-refractivity contribution in [3.8, 4) is 0 Å². The number of ether oxygens (including phenoxy) is 2. The number of esters is 4. The van der Waals surface area contributed by atoms with E-state index in [1.165, 1.54) is 0 Å². The summed E-state index contributed by atoms with van der Waals surface area (Å²) in [7, 11) is 0. The minimum atomic E-state index is -1.41. The van der Waals surface area contributed by atoms with Crippen LogP contribution >= 0.6 is 0 Å². The van der Waals surface area contributed by atoms with Crippen LogP contribution in [0.25, 0.3) is 0 Å². The number of nitrogens with two attached hydrogens (primary N) is 3. The Morgan fingerprint density at radius 2 is 1.35 bits per heavy atom. The quantitative estimate of drug-likeness (QED) is 0.334. The Balaban J connectivity index is 4.11. The standard InChI is InChI=1S/C8H13N3O6/c9-2-6(13)16-5(12)1-4(11)8(15)17-7(14)3-10/h4H,1-3,9-11H2. The average molecular weight is 247 g/mol. The van der Waals surface area contributed by atoms with Crippen molar-refractivity contribution >= 4 is 23.9 Å². The Bertz CT molecular complexity index is 329. The van der Waals surface area contributed by atoms with Crippen LogP contribution in [0.4, 0.5) is 0 Å². The van der Waals surface area contributed by atoms with Gasteiger partial charge in [0.05, 0.1) is 19.5 Å². The van der Waals surface area contributed by atoms with E-state index in [9.17, 15) is 19.2 Å². The summed E-state index contributed by atoms with van der Waals surface area (Å²) in [6, 6.07) is -1.41. The van der Waals surface area contributed by atoms with E-state index in [0.29, 0.717) is 0 Å². The molecule has 17 heavy (non-hydrogen) atoms. The normalized spacial score (nSPS) is 11.5. The van der Waals surface area contributed by atoms with Gasteiger partial charge >= 0.3 is 23.9 Å². The molecule has 0 aliphatic carbocycles. The van der Waals surface area contributed by atoms with E-state index in [1.54, 1.807) is 0 Å². The Morgan fingerprint density at radius 1 is 0.882 bits per heavy atom. The van der Waals surface area contributed by atoms with E-state index in [0.717, 1.165) is 0 Å². The Labute approximate surface area is 96.2 Å². The van der Waals surface area contributed by atoms with Crippen molar-refractivity contribution in [3.05, 3.63) is 0 Å². The van der Waals surface area contributed by atoms with E-state index in [4.69, 9.17) is 17.2 Å². The zero-order chi connectivity index (χ0) is 13.4. The monoisotopic (exact) mass is 247 g/mol. The van der Waals surface area contributed by atoms with Crippen LogP contribution in [0.2, 0.25) is 0 Å². The summed E-state index contributed by atoms with van der Waals surface area (Å²) in [4.78, 5) is 43.3. The lowest BCUT2D eigenvalue weighted by atomic mass is 10.2. The molecule has 0 rings (SSSR count). The summed E-state index contributed by atoms with van der Waals surface area (Å²) in [6.07, 6.45) is -0.609. The number of rotatable bonds is 5. The second-order valence-electron chi connectivity index (χ2n) is 2.86. The lowest BCUT2D eigenvalue weighted by molar-refractivity contribution is -0.165. The van der Waals surface area contributed by atoms with Gasteiger partial charge in [0.15, 0.2) is 0 Å². The summed E-state index contributed by atoms with van der Waals surface area (Å²) in [5.74, 6) is -4.09. The molecule has 0 bridgehead atoms. The van der Waals surface area contributed by atoms with Crippen molar-refractivity contribution in [3.63, 3.8) is 0 Å². The molecule has 0 aromatic rings. The highest BCUT2D eigenvalue weighted by Gasteiger charge is 2.23. The molecule has 6 N–H and O–H groups in total. The van der Waals surface area contributed by atoms with Gasteiger partial charge in [0.25, 0.3) is 0 Å². The first-order chi connectivity index (χ1) is 7.90. The maximum Gasteiger partial charge on any atom is 0.331 e. The Morgan fingerprint density at radius 3 is 1.82 bits per heavy atom. The number of hydrogen-bond acceptors (Lipinski definition) is 9. The highest BCUT2D eigenvalue weighted by molar-refractivity contribution is 5.93. The van der Waals surface area contributed by atoms with E-state index in [2.05, 4.69) is 9.47 Å². The van der Waals surface area contributed by atoms with Gasteiger partial charge in [-0.3, -0.25) is 14.4 Å². The smallest absolute Gasteiger partial charge is 0.331 e. The molecule has 1 atom stereocenters. The molecular formula is C8H13N3O6. The third-order valence-electron chi connectivity index (χ3n) is 1.46. The van der Waals surface area contributed by atoms with Crippen molar-refractivity contribution < 1.29 is 28.7 Å². The molecule has 0 saturated heterocycles. The van der Waals surface area contributed by atoms with Gasteiger partial charge in [-0.25, -0.2) is 4.79 Å². The molecule has 96 valence electrons. The highest BCUT2D eigenvalue weighted by Crippen LogP contribution is 1.96. The van der Waals surface area contributed by atoms with Gasteiger partial charge in [0, 0.05) is 0 Å². The lowest BCUT2D eigenvalue weighted by Gasteiger charge is -2.08. The molecule has 1 unspecified atom stereocenters. The first-order valence-corrected chi connectivity index (χ1v) is 4.54. The third-order valence-corrected chi connectivity index (χ3v) is 1.46. The summed E-state index contributed by atoms with van der Waals surface area (Å²) < 4.78 is 8.30. The zero-order valence-electron chi connectivity index (χ0n) is 8.88. The van der Waals surface area contributed by atoms with Crippen LogP contribution in [0.1, 0.15) is 6.42 Å². The molecule has 0 aromatic carbocycles. The van der Waals surface area contributed by atoms with Gasteiger partial charge in [-0.05, 0) is 0 Å². The van der Waals surface area contributed by atoms with Crippen LogP contribution in [0.3, 0.4) is 0 Å². The molecule has 9 nitrogen and oxygen atoms in total. The molecule has 0 aromatic heterocycles. The predicted octanol–water partition coefficient (Wildman–Crippen LogP) is -3.24. The van der Waals surface area contributed by atoms with Gasteiger partial charge in [0.2, 0.25) is 0 Å². The maximum absolute atomic E-state index is 11.1. The molecule has 0 aliphatic heterocycles. The molecule has 0 spiro atoms. The molecule has 9 heteroatoms. The summed E-state index contributed by atoms with van der Waals surface area (Å²) in [5.41, 5.74) is 15.0. The largest absolute Gasteiger partial charge is 0.392 e. The topological polar surface area (TPSA) is 165 Å². The van der Waals surface area contributed by atoms with E-state index < -0.39 is 49.4 Å². The molecule has 0 heterocycles. The number of hydrogen-bond donors (Lipinski definition) is 3. The second kappa shape index (κ2) is 7.44. The maximum atomic E-state index is 11.1. The van der Waals surface area contributed by atoms with Gasteiger partial charge in [-0.2, -0.15) is 0 Å². The minimum Gasteiger partial charge on any atom is -0.392 e. The van der Waals surface area contributed by atoms with Gasteiger partial charge < -0.3 is 26.7 Å². The molecule has 0 amide bonds. The van der Waals surface area contributed by atoms with Crippen molar-refractivity contribution in [1.82, 2.24) is 0 Å². The van der Waals surface area contributed by atoms with Gasteiger partial charge in [-0.1, -0.05) is 0 Å². The summed E-state index contributed by atoms with van der Waals surface area (Å²) >= 11 is 0. The van der Waals surface area contributed by atoms with Crippen molar-refractivity contribution in [2.75, 3.05) is 13.1 Å². The lowest BCUT2D eigenvalue weighted by Crippen LogP contribution is -2.38. The summed E-state index contributed by atoms with van der Waals surface area (Å²) in [5, 5.41) is 0. The van der Waals surface area contributed by atoms with Crippen LogP contribution in [-0.4, -0.2) is 43.0 Å². The fraction of sp³-hybridized carbons (Fsp3) is 0.500. The van der Waals surface area contributed by atoms with Crippen LogP contribution in [-0.2, 0) is 28.7 Å². The fourth-order valence-corrected chi connectivity index (χ4v) is 0.703. The summed E-state index contributed by atoms with van der Waals surface area (Å²) in [6.45, 7) is -0.967. The Hall–Kier alpha value is -1.84. The third kappa shape index (κ3) is 6.35. The average Bonchev–Trinajstić information content (AvgIpc) is 2.28. The Kier molecular flexibility index (Phi) is 6.63. The molecule has 0 radical (unpaired) electrons.